The van der Waals surface area contributed by atoms with E-state index in [0.29, 0.717) is 29.9 Å². The van der Waals surface area contributed by atoms with Gasteiger partial charge in [-0.2, -0.15) is 5.10 Å². The van der Waals surface area contributed by atoms with Gasteiger partial charge in [-0.25, -0.2) is 0 Å². The molecule has 33 heavy (non-hydrogen) atoms. The number of carbonyl (C=O) groups excluding carboxylic acids is 2. The number of benzene rings is 3. The van der Waals surface area contributed by atoms with Gasteiger partial charge in [0, 0.05) is 24.2 Å². The zero-order chi connectivity index (χ0) is 23.6. The Balaban J connectivity index is 1.45. The lowest BCUT2D eigenvalue weighted by Gasteiger charge is -2.08. The molecule has 0 heterocycles. The third kappa shape index (κ3) is 6.76. The topological polar surface area (TPSA) is 135 Å². The van der Waals surface area contributed by atoms with E-state index in [1.165, 1.54) is 0 Å². The van der Waals surface area contributed by atoms with Crippen molar-refractivity contribution in [1.29, 1.82) is 0 Å². The van der Waals surface area contributed by atoms with Crippen molar-refractivity contribution in [2.24, 2.45) is 21.7 Å². The van der Waals surface area contributed by atoms with E-state index in [0.717, 1.165) is 16.7 Å². The van der Waals surface area contributed by atoms with E-state index in [1.807, 2.05) is 42.5 Å². The van der Waals surface area contributed by atoms with Crippen LogP contribution in [0.25, 0.3) is 11.1 Å². The van der Waals surface area contributed by atoms with E-state index in [1.54, 1.807) is 43.3 Å². The largest absolute Gasteiger partial charge is 0.369 e. The first-order valence-corrected chi connectivity index (χ1v) is 10.4. The third-order valence-electron chi connectivity index (χ3n) is 4.83. The molecule has 0 spiro atoms. The minimum absolute atomic E-state index is 0.123. The maximum atomic E-state index is 12.3. The molecule has 0 saturated heterocycles. The molecule has 0 saturated carbocycles. The van der Waals surface area contributed by atoms with Gasteiger partial charge in [-0.1, -0.05) is 54.6 Å². The van der Waals surface area contributed by atoms with Crippen LogP contribution in [-0.2, 0) is 0 Å². The summed E-state index contributed by atoms with van der Waals surface area (Å²) in [5, 5.41) is 13.1. The number of hydrogen-bond acceptors (Lipinski definition) is 4. The molecule has 0 bridgehead atoms. The molecule has 168 valence electrons. The van der Waals surface area contributed by atoms with Crippen LogP contribution in [0.4, 0.5) is 0 Å². The van der Waals surface area contributed by atoms with Gasteiger partial charge in [-0.15, -0.1) is 5.10 Å². The first kappa shape index (κ1) is 23.2. The number of amides is 2. The van der Waals surface area contributed by atoms with Crippen LogP contribution in [-0.4, -0.2) is 36.6 Å². The van der Waals surface area contributed by atoms with Crippen molar-refractivity contribution in [3.63, 3.8) is 0 Å². The van der Waals surface area contributed by atoms with Crippen LogP contribution in [0, 0.1) is 0 Å². The second kappa shape index (κ2) is 11.2. The Hall–Kier alpha value is -4.46. The van der Waals surface area contributed by atoms with Crippen molar-refractivity contribution in [2.45, 2.75) is 6.92 Å². The molecule has 3 aromatic rings. The molecule has 8 nitrogen and oxygen atoms in total. The summed E-state index contributed by atoms with van der Waals surface area (Å²) >= 11 is 0. The molecule has 0 aliphatic rings. The van der Waals surface area contributed by atoms with E-state index in [2.05, 4.69) is 20.8 Å². The van der Waals surface area contributed by atoms with Gasteiger partial charge in [0.25, 0.3) is 11.8 Å². The number of nitrogens with zero attached hydrogens (tertiary/aromatic N) is 2. The van der Waals surface area contributed by atoms with Gasteiger partial charge in [0.05, 0.1) is 5.71 Å². The summed E-state index contributed by atoms with van der Waals surface area (Å²) in [6, 6.07) is 24.3. The summed E-state index contributed by atoms with van der Waals surface area (Å²) in [6.45, 7) is 2.38. The minimum atomic E-state index is -0.234. The summed E-state index contributed by atoms with van der Waals surface area (Å²) in [4.78, 5) is 24.7. The number of nitrogens with two attached hydrogens (primary N) is 2. The lowest BCUT2D eigenvalue weighted by molar-refractivity contribution is 0.0927. The summed E-state index contributed by atoms with van der Waals surface area (Å²) in [5.74, 6) is -0.549. The number of nitrogens with one attached hydrogen (secondary N) is 2. The molecule has 0 aliphatic carbocycles. The molecular formula is C25H26N6O2. The maximum absolute atomic E-state index is 12.3. The number of carbonyl (C=O) groups is 2. The van der Waals surface area contributed by atoms with Crippen LogP contribution in [0.5, 0.6) is 0 Å². The van der Waals surface area contributed by atoms with E-state index < -0.39 is 0 Å². The quantitative estimate of drug-likeness (QED) is 0.184. The van der Waals surface area contributed by atoms with E-state index >= 15 is 0 Å². The number of rotatable bonds is 8. The maximum Gasteiger partial charge on any atom is 0.251 e. The Morgan fingerprint density at radius 2 is 1.12 bits per heavy atom. The Bertz CT molecular complexity index is 1150. The van der Waals surface area contributed by atoms with Crippen LogP contribution in [0.1, 0.15) is 33.2 Å². The van der Waals surface area contributed by atoms with Gasteiger partial charge in [0.1, 0.15) is 0 Å². The minimum Gasteiger partial charge on any atom is -0.369 e. The highest BCUT2D eigenvalue weighted by Crippen LogP contribution is 2.19. The highest BCUT2D eigenvalue weighted by molar-refractivity contribution is 6.00. The molecule has 2 amide bonds. The summed E-state index contributed by atoms with van der Waals surface area (Å²) < 4.78 is 0. The molecule has 0 aromatic heterocycles. The fraction of sp³-hybridized carbons (Fsp3) is 0.120. The summed E-state index contributed by atoms with van der Waals surface area (Å²) in [6.07, 6.45) is 0. The normalized spacial score (nSPS) is 10.9. The third-order valence-corrected chi connectivity index (χ3v) is 4.83. The molecule has 0 aliphatic heterocycles. The molecule has 0 radical (unpaired) electrons. The van der Waals surface area contributed by atoms with E-state index in [-0.39, 0.29) is 17.8 Å². The SMILES string of the molecule is C/C(=N\N=C(N)N)c1ccc(C(=O)NCCNC(=O)c2ccc(-c3ccccc3)cc2)cc1. The van der Waals surface area contributed by atoms with E-state index in [4.69, 9.17) is 11.5 Å². The van der Waals surface area contributed by atoms with Crippen molar-refractivity contribution < 1.29 is 9.59 Å². The average Bonchev–Trinajstić information content (AvgIpc) is 2.85. The monoisotopic (exact) mass is 442 g/mol. The van der Waals surface area contributed by atoms with Gasteiger partial charge in [0.15, 0.2) is 0 Å². The predicted molar refractivity (Wildman–Crippen MR) is 131 cm³/mol. The van der Waals surface area contributed by atoms with Crippen molar-refractivity contribution in [1.82, 2.24) is 10.6 Å². The van der Waals surface area contributed by atoms with Crippen LogP contribution >= 0.6 is 0 Å². The van der Waals surface area contributed by atoms with Crippen molar-refractivity contribution in [3.8, 4) is 11.1 Å². The van der Waals surface area contributed by atoms with Gasteiger partial charge in [-0.3, -0.25) is 9.59 Å². The molecule has 3 aromatic carbocycles. The molecule has 0 unspecified atom stereocenters. The Morgan fingerprint density at radius 1 is 0.667 bits per heavy atom. The van der Waals surface area contributed by atoms with Gasteiger partial charge < -0.3 is 22.1 Å². The van der Waals surface area contributed by atoms with Gasteiger partial charge in [0.2, 0.25) is 5.96 Å². The second-order valence-electron chi connectivity index (χ2n) is 7.24. The Morgan fingerprint density at radius 3 is 1.64 bits per heavy atom. The first-order chi connectivity index (χ1) is 15.9. The number of hydrogen-bond donors (Lipinski definition) is 4. The highest BCUT2D eigenvalue weighted by Gasteiger charge is 2.08. The first-order valence-electron chi connectivity index (χ1n) is 10.4. The average molecular weight is 443 g/mol. The van der Waals surface area contributed by atoms with Crippen LogP contribution in [0.15, 0.2) is 89.1 Å². The fourth-order valence-corrected chi connectivity index (χ4v) is 3.05. The zero-order valence-electron chi connectivity index (χ0n) is 18.3. The van der Waals surface area contributed by atoms with Crippen molar-refractivity contribution in [3.05, 3.63) is 95.6 Å². The standard InChI is InChI=1S/C25H26N6O2/c1-17(30-31-25(26)27)18-7-11-21(12-8-18)23(32)28-15-16-29-24(33)22-13-9-20(10-14-22)19-5-3-2-4-6-19/h2-14H,15-16H2,1H3,(H,28,32)(H,29,33)(H4,26,27,31)/b30-17+. The zero-order valence-corrected chi connectivity index (χ0v) is 18.3. The smallest absolute Gasteiger partial charge is 0.251 e. The van der Waals surface area contributed by atoms with Gasteiger partial charge >= 0.3 is 0 Å². The molecule has 0 fully saturated rings. The molecule has 8 heteroatoms. The van der Waals surface area contributed by atoms with Crippen molar-refractivity contribution >= 4 is 23.5 Å². The van der Waals surface area contributed by atoms with E-state index in [9.17, 15) is 9.59 Å². The summed E-state index contributed by atoms with van der Waals surface area (Å²) in [7, 11) is 0. The number of guanidine groups is 1. The lowest BCUT2D eigenvalue weighted by atomic mass is 10.0. The summed E-state index contributed by atoms with van der Waals surface area (Å²) in [5.41, 5.74) is 15.1. The fourth-order valence-electron chi connectivity index (χ4n) is 3.05. The van der Waals surface area contributed by atoms with Crippen LogP contribution < -0.4 is 22.1 Å². The molecule has 0 atom stereocenters. The lowest BCUT2D eigenvalue weighted by Crippen LogP contribution is -2.34. The highest BCUT2D eigenvalue weighted by atomic mass is 16.2. The predicted octanol–water partition coefficient (Wildman–Crippen LogP) is 2.51. The van der Waals surface area contributed by atoms with Gasteiger partial charge in [-0.05, 0) is 47.9 Å². The van der Waals surface area contributed by atoms with Crippen LogP contribution in [0.3, 0.4) is 0 Å². The Kier molecular flexibility index (Phi) is 7.91. The molecular weight excluding hydrogens is 416 g/mol. The molecule has 6 N–H and O–H groups in total. The Labute approximate surface area is 192 Å². The van der Waals surface area contributed by atoms with Crippen LogP contribution in [0.2, 0.25) is 0 Å². The second-order valence-corrected chi connectivity index (χ2v) is 7.24. The van der Waals surface area contributed by atoms with Crippen molar-refractivity contribution in [2.75, 3.05) is 13.1 Å². The molecule has 3 rings (SSSR count).